The van der Waals surface area contributed by atoms with E-state index in [1.54, 1.807) is 11.3 Å². The van der Waals surface area contributed by atoms with Crippen molar-refractivity contribution in [2.75, 3.05) is 26.2 Å². The minimum atomic E-state index is -0.606. The number of hydrogen-bond acceptors (Lipinski definition) is 5. The number of hydrogen-bond donors (Lipinski definition) is 1. The summed E-state index contributed by atoms with van der Waals surface area (Å²) in [7, 11) is 0. The number of nitrogens with one attached hydrogen (secondary N) is 1. The van der Waals surface area contributed by atoms with Crippen LogP contribution in [0.15, 0.2) is 29.1 Å². The van der Waals surface area contributed by atoms with E-state index in [4.69, 9.17) is 0 Å². The summed E-state index contributed by atoms with van der Waals surface area (Å²) in [5.41, 5.74) is 0.599. The third kappa shape index (κ3) is 4.57. The molecule has 162 valence electrons. The summed E-state index contributed by atoms with van der Waals surface area (Å²) in [6, 6.07) is 7.30. The number of unbranched alkanes of at least 4 members (excludes halogenated alkanes) is 1. The summed E-state index contributed by atoms with van der Waals surface area (Å²) >= 11 is 1.58. The van der Waals surface area contributed by atoms with E-state index in [0.717, 1.165) is 53.0 Å². The van der Waals surface area contributed by atoms with Crippen LogP contribution in [0.5, 0.6) is 0 Å². The van der Waals surface area contributed by atoms with Gasteiger partial charge in [0, 0.05) is 23.2 Å². The molecule has 3 aromatic rings. The fourth-order valence-electron chi connectivity index (χ4n) is 3.82. The van der Waals surface area contributed by atoms with Crippen LogP contribution in [0.2, 0.25) is 0 Å². The lowest BCUT2D eigenvalue weighted by molar-refractivity contribution is -0.124. The number of aromatic nitrogens is 2. The van der Waals surface area contributed by atoms with Crippen molar-refractivity contribution in [2.45, 2.75) is 53.0 Å². The van der Waals surface area contributed by atoms with Crippen molar-refractivity contribution in [1.29, 1.82) is 0 Å². The Kier molecular flexibility index (Phi) is 7.61. The summed E-state index contributed by atoms with van der Waals surface area (Å²) in [5, 5.41) is 9.16. The molecule has 0 saturated heterocycles. The maximum Gasteiger partial charge on any atom is 0.276 e. The van der Waals surface area contributed by atoms with E-state index >= 15 is 0 Å². The van der Waals surface area contributed by atoms with Crippen LogP contribution in [0.4, 0.5) is 0 Å². The van der Waals surface area contributed by atoms with Crippen LogP contribution in [0.25, 0.3) is 20.2 Å². The SMILES string of the molecule is CCCCN(CC)CCNC(=O)[C@@H](CC)n1nc(C)c2sc3ccccc3c2c1=O. The molecule has 2 heterocycles. The molecule has 6 nitrogen and oxygen atoms in total. The van der Waals surface area contributed by atoms with Crippen molar-refractivity contribution in [3.8, 4) is 0 Å². The molecule has 1 amide bonds. The van der Waals surface area contributed by atoms with Gasteiger partial charge in [0.2, 0.25) is 5.91 Å². The normalized spacial score (nSPS) is 12.7. The maximum atomic E-state index is 13.3. The molecule has 30 heavy (non-hydrogen) atoms. The van der Waals surface area contributed by atoms with Gasteiger partial charge in [0.05, 0.1) is 15.8 Å². The third-order valence-corrected chi connectivity index (χ3v) is 6.87. The van der Waals surface area contributed by atoms with Crippen LogP contribution in [0.3, 0.4) is 0 Å². The van der Waals surface area contributed by atoms with Crippen molar-refractivity contribution < 1.29 is 4.79 Å². The predicted octanol–water partition coefficient (Wildman–Crippen LogP) is 4.11. The molecule has 7 heteroatoms. The fraction of sp³-hybridized carbons (Fsp3) is 0.522. The van der Waals surface area contributed by atoms with E-state index in [1.807, 2.05) is 38.1 Å². The van der Waals surface area contributed by atoms with Gasteiger partial charge >= 0.3 is 0 Å². The molecular formula is C23H32N4O2S. The highest BCUT2D eigenvalue weighted by Gasteiger charge is 2.24. The number of likely N-dealkylation sites (N-methyl/N-ethyl adjacent to an activating group) is 1. The van der Waals surface area contributed by atoms with Gasteiger partial charge in [0.25, 0.3) is 5.56 Å². The molecule has 1 aromatic carbocycles. The Hall–Kier alpha value is -2.25. The Labute approximate surface area is 181 Å². The van der Waals surface area contributed by atoms with Gasteiger partial charge in [-0.25, -0.2) is 4.68 Å². The summed E-state index contributed by atoms with van der Waals surface area (Å²) < 4.78 is 3.36. The molecular weight excluding hydrogens is 396 g/mol. The highest BCUT2D eigenvalue weighted by Crippen LogP contribution is 2.33. The Morgan fingerprint density at radius 2 is 2.00 bits per heavy atom. The number of benzene rings is 1. The molecule has 0 radical (unpaired) electrons. The fourth-order valence-corrected chi connectivity index (χ4v) is 4.96. The van der Waals surface area contributed by atoms with Gasteiger partial charge in [-0.15, -0.1) is 11.3 Å². The molecule has 0 bridgehead atoms. The minimum absolute atomic E-state index is 0.142. The topological polar surface area (TPSA) is 67.2 Å². The van der Waals surface area contributed by atoms with Gasteiger partial charge in [-0.05, 0) is 38.9 Å². The summed E-state index contributed by atoms with van der Waals surface area (Å²) in [6.07, 6.45) is 2.83. The van der Waals surface area contributed by atoms with Gasteiger partial charge in [-0.3, -0.25) is 9.59 Å². The molecule has 0 aliphatic rings. The van der Waals surface area contributed by atoms with E-state index in [1.165, 1.54) is 4.68 Å². The number of amides is 1. The lowest BCUT2D eigenvalue weighted by Gasteiger charge is -2.22. The second kappa shape index (κ2) is 10.2. The van der Waals surface area contributed by atoms with E-state index in [0.29, 0.717) is 18.4 Å². The van der Waals surface area contributed by atoms with Gasteiger partial charge in [0.15, 0.2) is 0 Å². The van der Waals surface area contributed by atoms with E-state index in [2.05, 4.69) is 29.2 Å². The first-order valence-corrected chi connectivity index (χ1v) is 11.7. The monoisotopic (exact) mass is 428 g/mol. The Morgan fingerprint density at radius 1 is 1.23 bits per heavy atom. The zero-order valence-electron chi connectivity index (χ0n) is 18.4. The first kappa shape index (κ1) is 22.4. The van der Waals surface area contributed by atoms with E-state index < -0.39 is 6.04 Å². The number of carbonyl (C=O) groups is 1. The number of carbonyl (C=O) groups excluding carboxylic acids is 1. The smallest absolute Gasteiger partial charge is 0.276 e. The molecule has 0 unspecified atom stereocenters. The molecule has 1 atom stereocenters. The van der Waals surface area contributed by atoms with Crippen molar-refractivity contribution in [3.05, 3.63) is 40.3 Å². The quantitative estimate of drug-likeness (QED) is 0.528. The second-order valence-corrected chi connectivity index (χ2v) is 8.69. The van der Waals surface area contributed by atoms with Crippen molar-refractivity contribution in [1.82, 2.24) is 20.0 Å². The number of aryl methyl sites for hydroxylation is 1. The second-order valence-electron chi connectivity index (χ2n) is 7.64. The summed E-state index contributed by atoms with van der Waals surface area (Å²) in [4.78, 5) is 28.6. The highest BCUT2D eigenvalue weighted by atomic mass is 32.1. The standard InChI is InChI=1S/C23H32N4O2S/c1-5-8-14-26(7-3)15-13-24-22(28)18(6-2)27-23(29)20-17-11-9-10-12-19(17)30-21(20)16(4)25-27/h9-12,18H,5-8,13-15H2,1-4H3,(H,24,28)/t18-/m1/s1. The van der Waals surface area contributed by atoms with Crippen molar-refractivity contribution in [2.24, 2.45) is 0 Å². The van der Waals surface area contributed by atoms with Crippen molar-refractivity contribution in [3.63, 3.8) is 0 Å². The molecule has 0 saturated carbocycles. The molecule has 2 aromatic heterocycles. The Balaban J connectivity index is 1.84. The van der Waals surface area contributed by atoms with Crippen LogP contribution in [-0.2, 0) is 4.79 Å². The lowest BCUT2D eigenvalue weighted by Crippen LogP contribution is -2.41. The molecule has 0 spiro atoms. The van der Waals surface area contributed by atoms with Gasteiger partial charge < -0.3 is 10.2 Å². The average Bonchev–Trinajstić information content (AvgIpc) is 3.15. The number of nitrogens with zero attached hydrogens (tertiary/aromatic N) is 3. The summed E-state index contributed by atoms with van der Waals surface area (Å²) in [5.74, 6) is -0.142. The maximum absolute atomic E-state index is 13.3. The predicted molar refractivity (Wildman–Crippen MR) is 125 cm³/mol. The zero-order chi connectivity index (χ0) is 21.7. The molecule has 0 aliphatic carbocycles. The molecule has 3 rings (SSSR count). The van der Waals surface area contributed by atoms with Crippen LogP contribution >= 0.6 is 11.3 Å². The Bertz CT molecular complexity index is 1070. The van der Waals surface area contributed by atoms with Crippen molar-refractivity contribution >= 4 is 37.4 Å². The Morgan fingerprint density at radius 3 is 2.70 bits per heavy atom. The summed E-state index contributed by atoms with van der Waals surface area (Å²) in [6.45, 7) is 11.5. The van der Waals surface area contributed by atoms with E-state index in [-0.39, 0.29) is 11.5 Å². The third-order valence-electron chi connectivity index (χ3n) is 5.59. The van der Waals surface area contributed by atoms with Gasteiger partial charge in [0.1, 0.15) is 6.04 Å². The van der Waals surface area contributed by atoms with Crippen LogP contribution < -0.4 is 10.9 Å². The zero-order valence-corrected chi connectivity index (χ0v) is 19.2. The number of fused-ring (bicyclic) bond motifs is 3. The molecule has 1 N–H and O–H groups in total. The average molecular weight is 429 g/mol. The van der Waals surface area contributed by atoms with E-state index in [9.17, 15) is 9.59 Å². The van der Waals surface area contributed by atoms with Crippen LogP contribution in [0, 0.1) is 6.92 Å². The number of thiophene rings is 1. The largest absolute Gasteiger partial charge is 0.353 e. The lowest BCUT2D eigenvalue weighted by atomic mass is 10.1. The first-order valence-electron chi connectivity index (χ1n) is 10.9. The molecule has 0 aliphatic heterocycles. The van der Waals surface area contributed by atoms with Crippen LogP contribution in [-0.4, -0.2) is 46.8 Å². The van der Waals surface area contributed by atoms with Gasteiger partial charge in [-0.2, -0.15) is 5.10 Å². The van der Waals surface area contributed by atoms with Gasteiger partial charge in [-0.1, -0.05) is 45.4 Å². The number of rotatable bonds is 10. The minimum Gasteiger partial charge on any atom is -0.353 e. The first-order chi connectivity index (χ1) is 14.5. The highest BCUT2D eigenvalue weighted by molar-refractivity contribution is 7.26. The molecule has 0 fully saturated rings. The van der Waals surface area contributed by atoms with Crippen LogP contribution in [0.1, 0.15) is 51.8 Å².